The molecule has 0 heterocycles. The predicted molar refractivity (Wildman–Crippen MR) is 265 cm³/mol. The van der Waals surface area contributed by atoms with E-state index in [0.29, 0.717) is 33.9 Å². The molecule has 13 heteroatoms. The molecule has 0 unspecified atom stereocenters. The summed E-state index contributed by atoms with van der Waals surface area (Å²) in [5.41, 5.74) is 10.2. The van der Waals surface area contributed by atoms with Gasteiger partial charge in [0.25, 0.3) is 21.9 Å². The standard InChI is InChI=1S/C30H31N3O4S.C23H24FN3O/c1-22-9-16-27(17-10-22)38(35,36)37-21-31-28-18-15-26(24-7-5-4-6-8-24)19-29(28)32-30(34)25-13-11-23(12-14-25)20-33(2)3;1-27(2)15-17-8-10-19(11-9-17)23(28)26-22-14-20(12-13-21(22)25-16-24)18-6-4-3-5-7-18/h4-19,31H,20-21H2,1-3H3,(H,32,34);3-14,25H,15-16H2,1-2H3,(H,26,28)/i;24-1. The van der Waals surface area contributed by atoms with Gasteiger partial charge in [-0.3, -0.25) is 9.59 Å². The number of anilines is 4. The number of hydrogen-bond acceptors (Lipinski definition) is 9. The summed E-state index contributed by atoms with van der Waals surface area (Å²) >= 11 is 0. The highest BCUT2D eigenvalue weighted by molar-refractivity contribution is 7.86. The summed E-state index contributed by atoms with van der Waals surface area (Å²) in [6.07, 6.45) is 0. The van der Waals surface area contributed by atoms with Crippen molar-refractivity contribution >= 4 is 44.7 Å². The van der Waals surface area contributed by atoms with Crippen molar-refractivity contribution in [3.63, 3.8) is 0 Å². The second-order valence-electron chi connectivity index (χ2n) is 16.0. The zero-order valence-corrected chi connectivity index (χ0v) is 38.5. The number of aryl methyl sites for hydroxylation is 1. The van der Waals surface area contributed by atoms with E-state index >= 15 is 0 Å². The molecule has 0 aliphatic carbocycles. The van der Waals surface area contributed by atoms with Gasteiger partial charge in [0.1, 0.15) is 6.73 Å². The summed E-state index contributed by atoms with van der Waals surface area (Å²) < 4.78 is 43.2. The highest BCUT2D eigenvalue weighted by Crippen LogP contribution is 2.31. The Hall–Kier alpha value is -7.16. The van der Waals surface area contributed by atoms with Crippen molar-refractivity contribution in [3.8, 4) is 22.3 Å². The molecule has 0 fully saturated rings. The van der Waals surface area contributed by atoms with Crippen LogP contribution < -0.4 is 21.3 Å². The molecule has 0 saturated heterocycles. The topological polar surface area (TPSA) is 132 Å². The molecule has 4 N–H and O–H groups in total. The monoisotopic (exact) mass is 905 g/mol. The summed E-state index contributed by atoms with van der Waals surface area (Å²) in [4.78, 5) is 30.0. The molecule has 0 atom stereocenters. The van der Waals surface area contributed by atoms with Gasteiger partial charge in [0.15, 0.2) is 6.80 Å². The number of rotatable bonds is 17. The van der Waals surface area contributed by atoms with Crippen LogP contribution in [0.2, 0.25) is 0 Å². The summed E-state index contributed by atoms with van der Waals surface area (Å²) in [6, 6.07) is 52.1. The van der Waals surface area contributed by atoms with Crippen LogP contribution in [0.15, 0.2) is 175 Å². The molecule has 11 nitrogen and oxygen atoms in total. The van der Waals surface area contributed by atoms with Crippen LogP contribution >= 0.6 is 0 Å². The number of carbonyl (C=O) groups is 2. The minimum absolute atomic E-state index is 0.0792. The zero-order valence-electron chi connectivity index (χ0n) is 37.7. The lowest BCUT2D eigenvalue weighted by atomic mass is 10.0. The van der Waals surface area contributed by atoms with Crippen LogP contribution in [-0.2, 0) is 27.4 Å². The van der Waals surface area contributed by atoms with E-state index in [1.165, 1.54) is 12.1 Å². The van der Waals surface area contributed by atoms with E-state index in [1.807, 2.05) is 144 Å². The molecule has 0 bridgehead atoms. The maximum Gasteiger partial charge on any atom is 0.298 e. The number of amides is 2. The average molecular weight is 906 g/mol. The molecule has 2 amide bonds. The molecular weight excluding hydrogens is 851 g/mol. The molecular formula is C53H55FN6O5S. The molecule has 340 valence electrons. The third kappa shape index (κ3) is 13.9. The summed E-state index contributed by atoms with van der Waals surface area (Å²) in [5.74, 6) is -0.508. The number of alkyl halides is 1. The van der Waals surface area contributed by atoms with Crippen molar-refractivity contribution in [1.82, 2.24) is 9.80 Å². The van der Waals surface area contributed by atoms with Crippen molar-refractivity contribution in [2.24, 2.45) is 0 Å². The van der Waals surface area contributed by atoms with Crippen LogP contribution in [0.5, 0.6) is 0 Å². The maximum absolute atomic E-state index is 13.1. The summed E-state index contributed by atoms with van der Waals surface area (Å²) in [7, 11) is 4.04. The quantitative estimate of drug-likeness (QED) is 0.0401. The van der Waals surface area contributed by atoms with E-state index in [9.17, 15) is 22.4 Å². The van der Waals surface area contributed by atoms with Gasteiger partial charge in [-0.05, 0) is 129 Å². The Balaban J connectivity index is 0.000000229. The Morgan fingerprint density at radius 1 is 0.515 bits per heavy atom. The largest absolute Gasteiger partial charge is 0.360 e. The van der Waals surface area contributed by atoms with E-state index in [2.05, 4.69) is 31.1 Å². The van der Waals surface area contributed by atoms with Gasteiger partial charge >= 0.3 is 0 Å². The number of halogens is 1. The van der Waals surface area contributed by atoms with Crippen LogP contribution in [0.3, 0.4) is 0 Å². The van der Waals surface area contributed by atoms with Gasteiger partial charge in [-0.2, -0.15) is 8.42 Å². The van der Waals surface area contributed by atoms with Crippen molar-refractivity contribution in [3.05, 3.63) is 198 Å². The van der Waals surface area contributed by atoms with Crippen LogP contribution in [0.1, 0.15) is 37.4 Å². The smallest absolute Gasteiger partial charge is 0.298 e. The lowest BCUT2D eigenvalue weighted by molar-refractivity contribution is 0.101. The first kappa shape index (κ1) is 48.3. The summed E-state index contributed by atoms with van der Waals surface area (Å²) in [5, 5.41) is 11.5. The van der Waals surface area contributed by atoms with Crippen LogP contribution in [0.4, 0.5) is 27.1 Å². The fraction of sp³-hybridized carbons (Fsp3) is 0.170. The maximum atomic E-state index is 13.1. The van der Waals surface area contributed by atoms with Crippen molar-refractivity contribution in [2.75, 3.05) is 63.0 Å². The lowest BCUT2D eigenvalue weighted by Crippen LogP contribution is -2.17. The fourth-order valence-corrected chi connectivity index (χ4v) is 7.72. The molecule has 7 aromatic carbocycles. The SMILES string of the molecule is CN(C)Cc1ccc(C(=O)Nc2cc(-c3ccccc3)ccc2NC[18F])cc1.Cc1ccc(S(=O)(=O)OCNc2ccc(-c3ccccc3)cc2NC(=O)c2ccc(CN(C)C)cc2)cc1. The predicted octanol–water partition coefficient (Wildman–Crippen LogP) is 10.8. The van der Waals surface area contributed by atoms with Crippen molar-refractivity contribution in [2.45, 2.75) is 24.9 Å². The van der Waals surface area contributed by atoms with Gasteiger partial charge in [-0.15, -0.1) is 0 Å². The molecule has 66 heavy (non-hydrogen) atoms. The first-order chi connectivity index (χ1) is 31.8. The molecule has 0 saturated carbocycles. The third-order valence-electron chi connectivity index (χ3n) is 10.2. The number of carbonyl (C=O) groups excluding carboxylic acids is 2. The molecule has 7 aromatic rings. The van der Waals surface area contributed by atoms with Crippen LogP contribution in [-0.4, -0.2) is 71.8 Å². The van der Waals surface area contributed by atoms with Crippen LogP contribution in [0, 0.1) is 6.92 Å². The van der Waals surface area contributed by atoms with Gasteiger partial charge in [-0.25, -0.2) is 8.57 Å². The molecule has 0 aliphatic heterocycles. The fourth-order valence-electron chi connectivity index (χ4n) is 6.90. The van der Waals surface area contributed by atoms with Gasteiger partial charge in [0.05, 0.1) is 27.6 Å². The Bertz CT molecular complexity index is 2790. The van der Waals surface area contributed by atoms with E-state index in [0.717, 1.165) is 52.0 Å². The second-order valence-corrected chi connectivity index (χ2v) is 17.7. The van der Waals surface area contributed by atoms with Crippen molar-refractivity contribution in [1.29, 1.82) is 0 Å². The third-order valence-corrected chi connectivity index (χ3v) is 11.5. The Kier molecular flexibility index (Phi) is 16.9. The minimum atomic E-state index is -3.94. The zero-order chi connectivity index (χ0) is 47.1. The molecule has 0 spiro atoms. The number of nitrogens with one attached hydrogen (secondary N) is 4. The highest BCUT2D eigenvalue weighted by atomic mass is 32.2. The first-order valence-electron chi connectivity index (χ1n) is 21.3. The molecule has 0 aromatic heterocycles. The Morgan fingerprint density at radius 3 is 1.35 bits per heavy atom. The highest BCUT2D eigenvalue weighted by Gasteiger charge is 2.17. The number of benzene rings is 7. The normalized spacial score (nSPS) is 11.1. The number of nitrogens with zero attached hydrogens (tertiary/aromatic N) is 2. The van der Waals surface area contributed by atoms with Crippen LogP contribution in [0.25, 0.3) is 22.3 Å². The van der Waals surface area contributed by atoms with E-state index in [1.54, 1.807) is 48.5 Å². The van der Waals surface area contributed by atoms with E-state index < -0.39 is 16.9 Å². The minimum Gasteiger partial charge on any atom is -0.360 e. The second kappa shape index (κ2) is 23.2. The number of hydrogen-bond donors (Lipinski definition) is 4. The first-order valence-corrected chi connectivity index (χ1v) is 22.7. The summed E-state index contributed by atoms with van der Waals surface area (Å²) in [6.45, 7) is 2.45. The molecule has 0 radical (unpaired) electrons. The van der Waals surface area contributed by atoms with Crippen molar-refractivity contribution < 1.29 is 26.6 Å². The van der Waals surface area contributed by atoms with Gasteiger partial charge in [-0.1, -0.05) is 115 Å². The van der Waals surface area contributed by atoms with E-state index in [4.69, 9.17) is 4.18 Å². The van der Waals surface area contributed by atoms with Gasteiger partial charge in [0, 0.05) is 24.2 Å². The average Bonchev–Trinajstić information content (AvgIpc) is 3.31. The van der Waals surface area contributed by atoms with E-state index in [-0.39, 0.29) is 23.4 Å². The van der Waals surface area contributed by atoms with Gasteiger partial charge < -0.3 is 31.1 Å². The Labute approximate surface area is 387 Å². The molecule has 7 rings (SSSR count). The lowest BCUT2D eigenvalue weighted by Gasteiger charge is -2.16. The van der Waals surface area contributed by atoms with Gasteiger partial charge in [0.2, 0.25) is 0 Å². The molecule has 0 aliphatic rings. The Morgan fingerprint density at radius 2 is 0.939 bits per heavy atom.